The number of rotatable bonds is 5. The van der Waals surface area contributed by atoms with Crippen LogP contribution in [0.15, 0.2) is 23.4 Å². The Morgan fingerprint density at radius 3 is 2.71 bits per heavy atom. The molecule has 1 aromatic carbocycles. The van der Waals surface area contributed by atoms with E-state index in [2.05, 4.69) is 27.3 Å². The van der Waals surface area contributed by atoms with Crippen LogP contribution in [0.25, 0.3) is 0 Å². The van der Waals surface area contributed by atoms with Crippen molar-refractivity contribution in [2.24, 2.45) is 10.6 Å². The Hall–Kier alpha value is -2.53. The van der Waals surface area contributed by atoms with Crippen molar-refractivity contribution < 1.29 is 32.3 Å². The van der Waals surface area contributed by atoms with Crippen molar-refractivity contribution in [1.82, 2.24) is 15.1 Å². The largest absolute Gasteiger partial charge is 0.491 e. The predicted molar refractivity (Wildman–Crippen MR) is 118 cm³/mol. The molecule has 8 nitrogen and oxygen atoms in total. The lowest BCUT2D eigenvalue weighted by Crippen LogP contribution is -2.52. The number of halogens is 3. The summed E-state index contributed by atoms with van der Waals surface area (Å²) in [6.07, 6.45) is -4.54. The lowest BCUT2D eigenvalue weighted by molar-refractivity contribution is -0.218. The summed E-state index contributed by atoms with van der Waals surface area (Å²) < 4.78 is 50.0. The maximum absolute atomic E-state index is 13.9. The van der Waals surface area contributed by atoms with Crippen molar-refractivity contribution in [2.45, 2.75) is 51.2 Å². The zero-order chi connectivity index (χ0) is 24.5. The molecule has 1 amide bonds. The molecule has 0 saturated carbocycles. The fourth-order valence-corrected chi connectivity index (χ4v) is 4.66. The maximum atomic E-state index is 13.9. The second-order valence-corrected chi connectivity index (χ2v) is 9.35. The van der Waals surface area contributed by atoms with Gasteiger partial charge in [0, 0.05) is 31.4 Å². The van der Waals surface area contributed by atoms with Crippen LogP contribution in [-0.2, 0) is 20.9 Å². The van der Waals surface area contributed by atoms with Crippen LogP contribution in [0.1, 0.15) is 37.3 Å². The molecule has 4 rings (SSSR count). The number of methoxy groups -OCH3 is 1. The molecular formula is C23H31F3N4O4. The molecule has 0 aliphatic carbocycles. The number of alkyl halides is 3. The lowest BCUT2D eigenvalue weighted by Gasteiger charge is -2.43. The summed E-state index contributed by atoms with van der Waals surface area (Å²) in [5.41, 5.74) is 0.737. The number of fused-ring (bicyclic) bond motifs is 1. The van der Waals surface area contributed by atoms with E-state index in [0.717, 1.165) is 31.5 Å². The Labute approximate surface area is 197 Å². The summed E-state index contributed by atoms with van der Waals surface area (Å²) in [7, 11) is 3.71. The fraction of sp³-hybridized carbons (Fsp3) is 0.652. The van der Waals surface area contributed by atoms with Gasteiger partial charge in [0.2, 0.25) is 5.91 Å². The van der Waals surface area contributed by atoms with Crippen molar-refractivity contribution >= 4 is 11.7 Å². The van der Waals surface area contributed by atoms with Gasteiger partial charge in [-0.05, 0) is 52.4 Å². The van der Waals surface area contributed by atoms with Crippen LogP contribution in [0.3, 0.4) is 0 Å². The van der Waals surface area contributed by atoms with Gasteiger partial charge in [0.05, 0.1) is 11.5 Å². The minimum absolute atomic E-state index is 0.0104. The number of amides is 1. The molecule has 188 valence electrons. The number of amidine groups is 1. The molecule has 3 aliphatic heterocycles. The minimum atomic E-state index is -4.57. The van der Waals surface area contributed by atoms with E-state index in [4.69, 9.17) is 9.47 Å². The maximum Gasteiger partial charge on any atom is 0.448 e. The Kier molecular flexibility index (Phi) is 6.95. The van der Waals surface area contributed by atoms with Crippen molar-refractivity contribution in [1.29, 1.82) is 0 Å². The van der Waals surface area contributed by atoms with Crippen LogP contribution in [0.4, 0.5) is 13.2 Å². The van der Waals surface area contributed by atoms with Gasteiger partial charge in [-0.1, -0.05) is 17.3 Å². The number of nitrogens with one attached hydrogen (secondary N) is 1. The average Bonchev–Trinajstić information content (AvgIpc) is 3.26. The number of carbonyl (C=O) groups excluding carboxylic acids is 1. The molecule has 0 radical (unpaired) electrons. The van der Waals surface area contributed by atoms with Gasteiger partial charge in [0.1, 0.15) is 12.4 Å². The van der Waals surface area contributed by atoms with E-state index in [1.807, 2.05) is 11.8 Å². The average molecular weight is 485 g/mol. The van der Waals surface area contributed by atoms with Gasteiger partial charge >= 0.3 is 6.18 Å². The molecule has 0 aromatic heterocycles. The van der Waals surface area contributed by atoms with Crippen molar-refractivity contribution in [3.05, 3.63) is 29.3 Å². The summed E-state index contributed by atoms with van der Waals surface area (Å²) in [5, 5.41) is 5.78. The van der Waals surface area contributed by atoms with E-state index in [-0.39, 0.29) is 24.4 Å². The fourth-order valence-electron chi connectivity index (χ4n) is 4.66. The molecule has 0 bridgehead atoms. The summed E-state index contributed by atoms with van der Waals surface area (Å²) in [5.74, 6) is 0.617. The Morgan fingerprint density at radius 2 is 2.06 bits per heavy atom. The third kappa shape index (κ3) is 4.95. The third-order valence-corrected chi connectivity index (χ3v) is 6.95. The smallest absolute Gasteiger partial charge is 0.448 e. The first-order chi connectivity index (χ1) is 16.1. The second-order valence-electron chi connectivity index (χ2n) is 9.35. The number of benzene rings is 1. The quantitative estimate of drug-likeness (QED) is 0.693. The van der Waals surface area contributed by atoms with Crippen LogP contribution in [0, 0.1) is 5.41 Å². The molecule has 3 heterocycles. The molecule has 1 saturated heterocycles. The van der Waals surface area contributed by atoms with Gasteiger partial charge in [-0.3, -0.25) is 4.79 Å². The summed E-state index contributed by atoms with van der Waals surface area (Å²) in [6.45, 7) is 4.82. The van der Waals surface area contributed by atoms with Crippen LogP contribution in [0.2, 0.25) is 0 Å². The predicted octanol–water partition coefficient (Wildman–Crippen LogP) is 2.71. The van der Waals surface area contributed by atoms with Crippen molar-refractivity contribution in [3.8, 4) is 5.75 Å². The molecule has 34 heavy (non-hydrogen) atoms. The van der Waals surface area contributed by atoms with Gasteiger partial charge in [-0.15, -0.1) is 0 Å². The molecule has 11 heteroatoms. The van der Waals surface area contributed by atoms with Gasteiger partial charge in [-0.2, -0.15) is 13.2 Å². The molecule has 3 aliphatic rings. The molecular weight excluding hydrogens is 453 g/mol. The number of carbonyl (C=O) groups is 1. The normalized spacial score (nSPS) is 24.9. The number of hydrogen-bond donors (Lipinski definition) is 1. The summed E-state index contributed by atoms with van der Waals surface area (Å²) in [4.78, 5) is 22.5. The zero-order valence-electron chi connectivity index (χ0n) is 19.7. The Balaban J connectivity index is 1.54. The standard InChI is InChI=1S/C23H31F3N4O4/c1-15-14-33-18-12-16(19-27-20(34-28-19)23(24,25)26)4-5-17(18)13-30(15)21(31)22(8-11-32-3)6-9-29(2)10-7-22/h4-5,12,15,20H,6-11,13-14H2,1-3H3,(H,27,28). The number of hydrogen-bond acceptors (Lipinski definition) is 7. The molecule has 2 unspecified atom stereocenters. The van der Waals surface area contributed by atoms with E-state index < -0.39 is 17.8 Å². The number of piperidine rings is 1. The van der Waals surface area contributed by atoms with Crippen molar-refractivity contribution in [3.63, 3.8) is 0 Å². The van der Waals surface area contributed by atoms with E-state index in [0.29, 0.717) is 30.9 Å². The summed E-state index contributed by atoms with van der Waals surface area (Å²) >= 11 is 0. The van der Waals surface area contributed by atoms with E-state index in [1.54, 1.807) is 25.3 Å². The first-order valence-corrected chi connectivity index (χ1v) is 11.4. The number of likely N-dealkylation sites (tertiary alicyclic amines) is 1. The van der Waals surface area contributed by atoms with Crippen LogP contribution in [-0.4, -0.2) is 80.4 Å². The van der Waals surface area contributed by atoms with E-state index in [1.165, 1.54) is 0 Å². The monoisotopic (exact) mass is 484 g/mol. The molecule has 1 aromatic rings. The highest BCUT2D eigenvalue weighted by molar-refractivity contribution is 5.99. The number of oxime groups is 1. The lowest BCUT2D eigenvalue weighted by atomic mass is 9.74. The van der Waals surface area contributed by atoms with E-state index >= 15 is 0 Å². The highest BCUT2D eigenvalue weighted by Gasteiger charge is 2.46. The molecule has 0 spiro atoms. The van der Waals surface area contributed by atoms with Gasteiger partial charge < -0.3 is 29.4 Å². The Morgan fingerprint density at radius 1 is 1.32 bits per heavy atom. The van der Waals surface area contributed by atoms with Crippen LogP contribution < -0.4 is 10.1 Å². The van der Waals surface area contributed by atoms with Gasteiger partial charge in [0.15, 0.2) is 5.84 Å². The minimum Gasteiger partial charge on any atom is -0.491 e. The van der Waals surface area contributed by atoms with Gasteiger partial charge in [-0.25, -0.2) is 0 Å². The van der Waals surface area contributed by atoms with Crippen molar-refractivity contribution in [2.75, 3.05) is 40.5 Å². The molecule has 1 N–H and O–H groups in total. The number of ether oxygens (including phenoxy) is 2. The molecule has 1 fully saturated rings. The zero-order valence-corrected chi connectivity index (χ0v) is 19.7. The second kappa shape index (κ2) is 9.61. The topological polar surface area (TPSA) is 75.6 Å². The molecule has 2 atom stereocenters. The first kappa shape index (κ1) is 24.6. The first-order valence-electron chi connectivity index (χ1n) is 11.4. The van der Waals surface area contributed by atoms with E-state index in [9.17, 15) is 18.0 Å². The summed E-state index contributed by atoms with van der Waals surface area (Å²) in [6, 6.07) is 4.90. The highest BCUT2D eigenvalue weighted by Crippen LogP contribution is 2.39. The SMILES string of the molecule is COCCC1(C(=O)N2Cc3ccc(C4=NOC(C(F)(F)F)N4)cc3OCC2C)CCN(C)CC1. The third-order valence-electron chi connectivity index (χ3n) is 6.95. The van der Waals surface area contributed by atoms with Crippen LogP contribution in [0.5, 0.6) is 5.75 Å². The highest BCUT2D eigenvalue weighted by atomic mass is 19.4. The Bertz CT molecular complexity index is 926. The number of nitrogens with zero attached hydrogens (tertiary/aromatic N) is 3. The van der Waals surface area contributed by atoms with Gasteiger partial charge in [0.25, 0.3) is 6.23 Å². The van der Waals surface area contributed by atoms with Crippen LogP contribution >= 0.6 is 0 Å².